The minimum absolute atomic E-state index is 0.118. The third kappa shape index (κ3) is 7.06. The van der Waals surface area contributed by atoms with Crippen molar-refractivity contribution in [3.63, 3.8) is 0 Å². The monoisotopic (exact) mass is 434 g/mol. The number of nitrogens with zero attached hydrogens (tertiary/aromatic N) is 1. The van der Waals surface area contributed by atoms with Crippen LogP contribution in [0.5, 0.6) is 0 Å². The predicted molar refractivity (Wildman–Crippen MR) is 119 cm³/mol. The molecule has 0 bridgehead atoms. The second kappa shape index (κ2) is 10.7. The molecule has 0 spiro atoms. The van der Waals surface area contributed by atoms with Gasteiger partial charge in [-0.05, 0) is 43.0 Å². The van der Waals surface area contributed by atoms with Gasteiger partial charge in [-0.25, -0.2) is 0 Å². The van der Waals surface area contributed by atoms with E-state index in [0.717, 1.165) is 16.7 Å². The highest BCUT2D eigenvalue weighted by molar-refractivity contribution is 6.42. The second-order valence-corrected chi connectivity index (χ2v) is 8.56. The first-order chi connectivity index (χ1) is 13.7. The first-order valence-electron chi connectivity index (χ1n) is 9.74. The standard InChI is InChI=1S/C23H28Cl2N2O2/c1-15(2)13-26-23(29)17(4)27(14-19-9-10-20(24)21(25)11-19)22(28)12-18-7-5-16(3)6-8-18/h5-11,15,17H,12-14H2,1-4H3,(H,26,29)/t17-/m0/s1. The summed E-state index contributed by atoms with van der Waals surface area (Å²) in [6.07, 6.45) is 0.226. The number of carbonyl (C=O) groups is 2. The lowest BCUT2D eigenvalue weighted by atomic mass is 10.1. The number of rotatable bonds is 8. The highest BCUT2D eigenvalue weighted by atomic mass is 35.5. The van der Waals surface area contributed by atoms with Crippen LogP contribution in [0, 0.1) is 12.8 Å². The van der Waals surface area contributed by atoms with Gasteiger partial charge in [0.1, 0.15) is 6.04 Å². The van der Waals surface area contributed by atoms with Crippen molar-refractivity contribution >= 4 is 35.0 Å². The topological polar surface area (TPSA) is 49.4 Å². The highest BCUT2D eigenvalue weighted by Crippen LogP contribution is 2.24. The maximum atomic E-state index is 13.1. The van der Waals surface area contributed by atoms with Crippen molar-refractivity contribution in [2.24, 2.45) is 5.92 Å². The quantitative estimate of drug-likeness (QED) is 0.632. The zero-order chi connectivity index (χ0) is 21.6. The molecule has 2 aromatic carbocycles. The fraction of sp³-hybridized carbons (Fsp3) is 0.391. The van der Waals surface area contributed by atoms with Crippen molar-refractivity contribution in [2.75, 3.05) is 6.54 Å². The summed E-state index contributed by atoms with van der Waals surface area (Å²) in [4.78, 5) is 27.4. The summed E-state index contributed by atoms with van der Waals surface area (Å²) in [5.74, 6) is 0.0427. The van der Waals surface area contributed by atoms with E-state index in [1.165, 1.54) is 0 Å². The van der Waals surface area contributed by atoms with E-state index in [-0.39, 0.29) is 24.8 Å². The number of aryl methyl sites for hydroxylation is 1. The summed E-state index contributed by atoms with van der Waals surface area (Å²) in [6, 6.07) is 12.5. The highest BCUT2D eigenvalue weighted by Gasteiger charge is 2.26. The summed E-state index contributed by atoms with van der Waals surface area (Å²) in [5, 5.41) is 3.79. The summed E-state index contributed by atoms with van der Waals surface area (Å²) >= 11 is 12.1. The molecule has 4 nitrogen and oxygen atoms in total. The van der Waals surface area contributed by atoms with E-state index in [1.54, 1.807) is 24.0 Å². The van der Waals surface area contributed by atoms with Crippen LogP contribution >= 0.6 is 23.2 Å². The smallest absolute Gasteiger partial charge is 0.242 e. The van der Waals surface area contributed by atoms with Crippen LogP contribution in [0.2, 0.25) is 10.0 Å². The van der Waals surface area contributed by atoms with Crippen LogP contribution in [0.3, 0.4) is 0 Å². The maximum Gasteiger partial charge on any atom is 0.242 e. The maximum absolute atomic E-state index is 13.1. The second-order valence-electron chi connectivity index (χ2n) is 7.75. The Hall–Kier alpha value is -2.04. The lowest BCUT2D eigenvalue weighted by molar-refractivity contribution is -0.140. The van der Waals surface area contributed by atoms with Crippen LogP contribution in [0.1, 0.15) is 37.5 Å². The molecule has 2 amide bonds. The average Bonchev–Trinajstić information content (AvgIpc) is 2.68. The number of amides is 2. The van der Waals surface area contributed by atoms with Crippen LogP contribution in [0.15, 0.2) is 42.5 Å². The van der Waals surface area contributed by atoms with E-state index in [0.29, 0.717) is 22.5 Å². The van der Waals surface area contributed by atoms with Gasteiger partial charge in [0.2, 0.25) is 11.8 Å². The molecule has 2 rings (SSSR count). The van der Waals surface area contributed by atoms with Crippen molar-refractivity contribution in [1.29, 1.82) is 0 Å². The van der Waals surface area contributed by atoms with Gasteiger partial charge in [0.05, 0.1) is 16.5 Å². The molecule has 0 radical (unpaired) electrons. The summed E-state index contributed by atoms with van der Waals surface area (Å²) < 4.78 is 0. The fourth-order valence-corrected chi connectivity index (χ4v) is 3.17. The fourth-order valence-electron chi connectivity index (χ4n) is 2.85. The number of nitrogens with one attached hydrogen (secondary N) is 1. The normalized spacial score (nSPS) is 12.0. The van der Waals surface area contributed by atoms with Crippen molar-refractivity contribution in [2.45, 2.75) is 46.7 Å². The van der Waals surface area contributed by atoms with Crippen LogP contribution in [-0.4, -0.2) is 29.3 Å². The lowest BCUT2D eigenvalue weighted by Crippen LogP contribution is -2.48. The molecule has 156 valence electrons. The van der Waals surface area contributed by atoms with Crippen molar-refractivity contribution < 1.29 is 9.59 Å². The van der Waals surface area contributed by atoms with Gasteiger partial charge in [-0.3, -0.25) is 9.59 Å². The Morgan fingerprint density at radius 2 is 1.59 bits per heavy atom. The number of benzene rings is 2. The molecule has 0 unspecified atom stereocenters. The zero-order valence-electron chi connectivity index (χ0n) is 17.3. The third-order valence-corrected chi connectivity index (χ3v) is 5.40. The van der Waals surface area contributed by atoms with Crippen LogP contribution < -0.4 is 5.32 Å². The number of hydrogen-bond acceptors (Lipinski definition) is 2. The van der Waals surface area contributed by atoms with Gasteiger partial charge in [0.15, 0.2) is 0 Å². The van der Waals surface area contributed by atoms with Crippen LogP contribution in [-0.2, 0) is 22.6 Å². The van der Waals surface area contributed by atoms with Gasteiger partial charge in [-0.1, -0.05) is 72.9 Å². The molecule has 1 N–H and O–H groups in total. The number of carbonyl (C=O) groups excluding carboxylic acids is 2. The Bertz CT molecular complexity index is 850. The Balaban J connectivity index is 2.22. The Morgan fingerprint density at radius 1 is 0.966 bits per heavy atom. The molecule has 29 heavy (non-hydrogen) atoms. The molecule has 2 aromatic rings. The average molecular weight is 435 g/mol. The molecule has 6 heteroatoms. The van der Waals surface area contributed by atoms with E-state index in [9.17, 15) is 9.59 Å². The Kier molecular flexibility index (Phi) is 8.54. The molecule has 1 atom stereocenters. The van der Waals surface area contributed by atoms with E-state index in [2.05, 4.69) is 5.32 Å². The van der Waals surface area contributed by atoms with Crippen molar-refractivity contribution in [3.8, 4) is 0 Å². The molecule has 0 aliphatic heterocycles. The van der Waals surface area contributed by atoms with Gasteiger partial charge >= 0.3 is 0 Å². The van der Waals surface area contributed by atoms with Gasteiger partial charge in [-0.2, -0.15) is 0 Å². The summed E-state index contributed by atoms with van der Waals surface area (Å²) in [6.45, 7) is 8.65. The SMILES string of the molecule is Cc1ccc(CC(=O)N(Cc2ccc(Cl)c(Cl)c2)[C@@H](C)C(=O)NCC(C)C)cc1. The molecule has 0 aliphatic rings. The van der Waals surface area contributed by atoms with Gasteiger partial charge in [-0.15, -0.1) is 0 Å². The molecule has 0 saturated heterocycles. The predicted octanol–water partition coefficient (Wildman–Crippen LogP) is 5.03. The molecular weight excluding hydrogens is 407 g/mol. The molecular formula is C23H28Cl2N2O2. The minimum Gasteiger partial charge on any atom is -0.354 e. The zero-order valence-corrected chi connectivity index (χ0v) is 18.8. The Labute approximate surface area is 183 Å². The van der Waals surface area contributed by atoms with Crippen LogP contribution in [0.25, 0.3) is 0 Å². The van der Waals surface area contributed by atoms with E-state index >= 15 is 0 Å². The largest absolute Gasteiger partial charge is 0.354 e. The molecule has 0 heterocycles. The van der Waals surface area contributed by atoms with Gasteiger partial charge in [0.25, 0.3) is 0 Å². The summed E-state index contributed by atoms with van der Waals surface area (Å²) in [7, 11) is 0. The van der Waals surface area contributed by atoms with Gasteiger partial charge in [0, 0.05) is 13.1 Å². The van der Waals surface area contributed by atoms with Gasteiger partial charge < -0.3 is 10.2 Å². The third-order valence-electron chi connectivity index (χ3n) is 4.66. The molecule has 0 aromatic heterocycles. The first-order valence-corrected chi connectivity index (χ1v) is 10.5. The molecule has 0 aliphatic carbocycles. The first kappa shape index (κ1) is 23.2. The van der Waals surface area contributed by atoms with Crippen LogP contribution in [0.4, 0.5) is 0 Å². The summed E-state index contributed by atoms with van der Waals surface area (Å²) in [5.41, 5.74) is 2.87. The molecule has 0 saturated carbocycles. The Morgan fingerprint density at radius 3 is 2.17 bits per heavy atom. The lowest BCUT2D eigenvalue weighted by Gasteiger charge is -2.29. The minimum atomic E-state index is -0.610. The molecule has 0 fully saturated rings. The number of halogens is 2. The van der Waals surface area contributed by atoms with Crippen molar-refractivity contribution in [3.05, 3.63) is 69.2 Å². The van der Waals surface area contributed by atoms with E-state index < -0.39 is 6.04 Å². The van der Waals surface area contributed by atoms with E-state index in [4.69, 9.17) is 23.2 Å². The number of hydrogen-bond donors (Lipinski definition) is 1. The van der Waals surface area contributed by atoms with E-state index in [1.807, 2.05) is 51.1 Å². The van der Waals surface area contributed by atoms with Crippen molar-refractivity contribution in [1.82, 2.24) is 10.2 Å².